The molecule has 0 aliphatic carbocycles. The number of carbonyl (C=O) groups excluding carboxylic acids is 1. The van der Waals surface area contributed by atoms with Crippen LogP contribution in [0.5, 0.6) is 0 Å². The van der Waals surface area contributed by atoms with Crippen LogP contribution in [0, 0.1) is 6.92 Å². The highest BCUT2D eigenvalue weighted by Gasteiger charge is 2.08. The predicted octanol–water partition coefficient (Wildman–Crippen LogP) is 1.65. The third-order valence-electron chi connectivity index (χ3n) is 2.60. The Morgan fingerprint density at radius 3 is 2.55 bits per heavy atom. The molecule has 9 heteroatoms. The monoisotopic (exact) mass is 341 g/mol. The molecule has 0 fully saturated rings. The number of nitrogens with one attached hydrogen (secondary N) is 1. The topological polar surface area (TPSA) is 102 Å². The summed E-state index contributed by atoms with van der Waals surface area (Å²) in [5.41, 5.74) is 0.549. The molecule has 0 aliphatic rings. The average Bonchev–Trinajstić information content (AvgIpc) is 2.84. The maximum absolute atomic E-state index is 11.8. The van der Waals surface area contributed by atoms with Crippen LogP contribution in [0.4, 0.5) is 5.69 Å². The van der Waals surface area contributed by atoms with Crippen molar-refractivity contribution >= 4 is 33.2 Å². The summed E-state index contributed by atoms with van der Waals surface area (Å²) in [6.45, 7) is 1.70. The highest BCUT2D eigenvalue weighted by Crippen LogP contribution is 2.15. The summed E-state index contributed by atoms with van der Waals surface area (Å²) in [5, 5.41) is 6.43. The highest BCUT2D eigenvalue weighted by atomic mass is 32.2. The van der Waals surface area contributed by atoms with Crippen molar-refractivity contribution in [3.05, 3.63) is 36.0 Å². The third kappa shape index (κ3) is 4.85. The standard InChI is InChI=1S/C13H15N3O4S2/c1-9-14-12(16-20-9)7-21-8-13(17)15-10-3-5-11(6-4-10)22(2,18)19/h3-6H,7-8H2,1-2H3,(H,15,17). The van der Waals surface area contributed by atoms with Crippen LogP contribution in [-0.4, -0.2) is 36.5 Å². The van der Waals surface area contributed by atoms with Crippen molar-refractivity contribution in [1.82, 2.24) is 10.1 Å². The minimum Gasteiger partial charge on any atom is -0.340 e. The molecule has 0 spiro atoms. The van der Waals surface area contributed by atoms with E-state index in [4.69, 9.17) is 4.52 Å². The molecule has 0 unspecified atom stereocenters. The van der Waals surface area contributed by atoms with Crippen LogP contribution in [0.15, 0.2) is 33.7 Å². The SMILES string of the molecule is Cc1nc(CSCC(=O)Nc2ccc(S(C)(=O)=O)cc2)no1. The lowest BCUT2D eigenvalue weighted by atomic mass is 10.3. The molecule has 0 saturated heterocycles. The van der Waals surface area contributed by atoms with Crippen molar-refractivity contribution in [2.45, 2.75) is 17.6 Å². The van der Waals surface area contributed by atoms with Gasteiger partial charge in [-0.1, -0.05) is 5.16 Å². The largest absolute Gasteiger partial charge is 0.340 e. The van der Waals surface area contributed by atoms with Crippen LogP contribution in [-0.2, 0) is 20.4 Å². The fourth-order valence-electron chi connectivity index (χ4n) is 1.62. The zero-order valence-corrected chi connectivity index (χ0v) is 13.7. The van der Waals surface area contributed by atoms with Gasteiger partial charge >= 0.3 is 0 Å². The van der Waals surface area contributed by atoms with Crippen LogP contribution in [0.25, 0.3) is 0 Å². The second kappa shape index (κ2) is 6.93. The lowest BCUT2D eigenvalue weighted by Crippen LogP contribution is -2.14. The van der Waals surface area contributed by atoms with E-state index in [1.165, 1.54) is 23.9 Å². The Morgan fingerprint density at radius 1 is 1.32 bits per heavy atom. The first-order valence-electron chi connectivity index (χ1n) is 6.31. The van der Waals surface area contributed by atoms with E-state index >= 15 is 0 Å². The lowest BCUT2D eigenvalue weighted by molar-refractivity contribution is -0.113. The summed E-state index contributed by atoms with van der Waals surface area (Å²) in [5.74, 6) is 1.58. The van der Waals surface area contributed by atoms with E-state index in [0.717, 1.165) is 6.26 Å². The van der Waals surface area contributed by atoms with Crippen molar-refractivity contribution in [2.24, 2.45) is 0 Å². The van der Waals surface area contributed by atoms with E-state index in [2.05, 4.69) is 15.5 Å². The van der Waals surface area contributed by atoms with Gasteiger partial charge < -0.3 is 9.84 Å². The van der Waals surface area contributed by atoms with Crippen molar-refractivity contribution in [3.8, 4) is 0 Å². The Kier molecular flexibility index (Phi) is 5.19. The minimum absolute atomic E-state index is 0.183. The molecule has 0 bridgehead atoms. The van der Waals surface area contributed by atoms with Gasteiger partial charge in [-0.2, -0.15) is 4.98 Å². The summed E-state index contributed by atoms with van der Waals surface area (Å²) in [6, 6.07) is 6.03. The first-order valence-corrected chi connectivity index (χ1v) is 9.36. The summed E-state index contributed by atoms with van der Waals surface area (Å²) < 4.78 is 27.5. The Labute approximate surface area is 132 Å². The van der Waals surface area contributed by atoms with Crippen LogP contribution < -0.4 is 5.32 Å². The van der Waals surface area contributed by atoms with E-state index in [1.54, 1.807) is 19.1 Å². The number of aromatic nitrogens is 2. The summed E-state index contributed by atoms with van der Waals surface area (Å²) in [7, 11) is -3.23. The number of hydrogen-bond donors (Lipinski definition) is 1. The fourth-order valence-corrected chi connectivity index (χ4v) is 2.91. The van der Waals surface area contributed by atoms with Gasteiger partial charge in [0.25, 0.3) is 0 Å². The number of hydrogen-bond acceptors (Lipinski definition) is 7. The van der Waals surface area contributed by atoms with Gasteiger partial charge in [-0.05, 0) is 24.3 Å². The number of aryl methyl sites for hydroxylation is 1. The second-order valence-corrected chi connectivity index (χ2v) is 7.57. The third-order valence-corrected chi connectivity index (χ3v) is 4.66. The van der Waals surface area contributed by atoms with Gasteiger partial charge in [0.15, 0.2) is 15.7 Å². The number of amides is 1. The predicted molar refractivity (Wildman–Crippen MR) is 83.4 cm³/mol. The van der Waals surface area contributed by atoms with E-state index in [-0.39, 0.29) is 16.6 Å². The van der Waals surface area contributed by atoms with Crippen molar-refractivity contribution in [2.75, 3.05) is 17.3 Å². The molecule has 1 heterocycles. The van der Waals surface area contributed by atoms with E-state index < -0.39 is 9.84 Å². The Balaban J connectivity index is 1.81. The van der Waals surface area contributed by atoms with Crippen LogP contribution >= 0.6 is 11.8 Å². The summed E-state index contributed by atoms with van der Waals surface area (Å²) >= 11 is 1.36. The molecule has 118 valence electrons. The molecule has 0 radical (unpaired) electrons. The van der Waals surface area contributed by atoms with Gasteiger partial charge in [0, 0.05) is 18.9 Å². The summed E-state index contributed by atoms with van der Waals surface area (Å²) in [6.07, 6.45) is 1.14. The summed E-state index contributed by atoms with van der Waals surface area (Å²) in [4.78, 5) is 16.0. The number of rotatable bonds is 6. The normalized spacial score (nSPS) is 11.4. The number of sulfone groups is 1. The first-order chi connectivity index (χ1) is 10.3. The molecule has 1 aromatic carbocycles. The lowest BCUT2D eigenvalue weighted by Gasteiger charge is -2.05. The van der Waals surface area contributed by atoms with Gasteiger partial charge in [0.05, 0.1) is 16.4 Å². The molecule has 1 amide bonds. The molecule has 0 atom stereocenters. The molecule has 7 nitrogen and oxygen atoms in total. The molecule has 0 saturated carbocycles. The van der Waals surface area contributed by atoms with Crippen LogP contribution in [0.2, 0.25) is 0 Å². The molecule has 1 N–H and O–H groups in total. The molecular formula is C13H15N3O4S2. The Morgan fingerprint density at radius 2 is 2.00 bits per heavy atom. The van der Waals surface area contributed by atoms with Gasteiger partial charge in [0.2, 0.25) is 11.8 Å². The number of thioether (sulfide) groups is 1. The van der Waals surface area contributed by atoms with Gasteiger partial charge in [0.1, 0.15) is 0 Å². The van der Waals surface area contributed by atoms with Gasteiger partial charge in [-0.25, -0.2) is 8.42 Å². The number of nitrogens with zero attached hydrogens (tertiary/aromatic N) is 2. The average molecular weight is 341 g/mol. The second-order valence-electron chi connectivity index (χ2n) is 4.57. The molecular weight excluding hydrogens is 326 g/mol. The molecule has 0 aliphatic heterocycles. The minimum atomic E-state index is -3.23. The molecule has 22 heavy (non-hydrogen) atoms. The quantitative estimate of drug-likeness (QED) is 0.852. The number of anilines is 1. The van der Waals surface area contributed by atoms with Crippen LogP contribution in [0.3, 0.4) is 0 Å². The fraction of sp³-hybridized carbons (Fsp3) is 0.308. The van der Waals surface area contributed by atoms with E-state index in [9.17, 15) is 13.2 Å². The first kappa shape index (κ1) is 16.5. The highest BCUT2D eigenvalue weighted by molar-refractivity contribution is 7.99. The Bertz CT molecular complexity index is 754. The maximum atomic E-state index is 11.8. The van der Waals surface area contributed by atoms with Gasteiger partial charge in [-0.3, -0.25) is 4.79 Å². The number of benzene rings is 1. The van der Waals surface area contributed by atoms with E-state index in [1.807, 2.05) is 0 Å². The zero-order chi connectivity index (χ0) is 16.2. The van der Waals surface area contributed by atoms with Crippen molar-refractivity contribution < 1.29 is 17.7 Å². The molecule has 2 rings (SSSR count). The van der Waals surface area contributed by atoms with Crippen molar-refractivity contribution in [3.63, 3.8) is 0 Å². The Hall–Kier alpha value is -1.87. The van der Waals surface area contributed by atoms with Crippen molar-refractivity contribution in [1.29, 1.82) is 0 Å². The van der Waals surface area contributed by atoms with E-state index in [0.29, 0.717) is 23.2 Å². The smallest absolute Gasteiger partial charge is 0.234 e. The zero-order valence-electron chi connectivity index (χ0n) is 12.1. The molecule has 1 aromatic heterocycles. The number of carbonyl (C=O) groups is 1. The maximum Gasteiger partial charge on any atom is 0.234 e. The van der Waals surface area contributed by atoms with Crippen LogP contribution in [0.1, 0.15) is 11.7 Å². The van der Waals surface area contributed by atoms with Gasteiger partial charge in [-0.15, -0.1) is 11.8 Å². The molecule has 2 aromatic rings.